The Morgan fingerprint density at radius 1 is 1.14 bits per heavy atom. The maximum atomic E-state index is 2.24. The minimum Gasteiger partial charge on any atom is -0.0842 e. The van der Waals surface area contributed by atoms with Crippen LogP contribution in [0.3, 0.4) is 0 Å². The second-order valence-electron chi connectivity index (χ2n) is 3.61. The van der Waals surface area contributed by atoms with Gasteiger partial charge in [0.05, 0.1) is 0 Å². The maximum absolute atomic E-state index is 2.24. The second-order valence-corrected chi connectivity index (χ2v) is 3.61. The smallest absolute Gasteiger partial charge is 0.0228 e. The molecule has 0 nitrogen and oxygen atoms in total. The van der Waals surface area contributed by atoms with Gasteiger partial charge in [0.15, 0.2) is 0 Å². The summed E-state index contributed by atoms with van der Waals surface area (Å²) in [7, 11) is 0. The van der Waals surface area contributed by atoms with Crippen molar-refractivity contribution in [3.63, 3.8) is 0 Å². The van der Waals surface area contributed by atoms with Gasteiger partial charge in [0, 0.05) is 0 Å². The quantitative estimate of drug-likeness (QED) is 0.640. The van der Waals surface area contributed by atoms with Crippen molar-refractivity contribution in [3.05, 3.63) is 41.5 Å². The average Bonchev–Trinajstić information content (AvgIpc) is 2.24. The van der Waals surface area contributed by atoms with E-state index in [9.17, 15) is 0 Å². The lowest BCUT2D eigenvalue weighted by atomic mass is 10.0. The molecule has 0 radical (unpaired) electrons. The summed E-state index contributed by atoms with van der Waals surface area (Å²) in [5.41, 5.74) is 2.88. The third kappa shape index (κ3) is 3.37. The summed E-state index contributed by atoms with van der Waals surface area (Å²) in [6, 6.07) is 8.70. The minimum atomic E-state index is 1.11. The van der Waals surface area contributed by atoms with Crippen LogP contribution >= 0.6 is 0 Å². The molecule has 0 fully saturated rings. The van der Waals surface area contributed by atoms with E-state index in [2.05, 4.69) is 50.3 Å². The van der Waals surface area contributed by atoms with Gasteiger partial charge in [0.25, 0.3) is 0 Å². The van der Waals surface area contributed by atoms with Gasteiger partial charge in [0.2, 0.25) is 0 Å². The van der Waals surface area contributed by atoms with E-state index in [0.29, 0.717) is 0 Å². The molecule has 0 unspecified atom stereocenters. The van der Waals surface area contributed by atoms with Gasteiger partial charge >= 0.3 is 0 Å². The zero-order valence-electron chi connectivity index (χ0n) is 9.29. The fourth-order valence-corrected chi connectivity index (χ4v) is 1.54. The van der Waals surface area contributed by atoms with Crippen molar-refractivity contribution in [2.75, 3.05) is 0 Å². The predicted octanol–water partition coefficient (Wildman–Crippen LogP) is 4.45. The minimum absolute atomic E-state index is 1.11. The van der Waals surface area contributed by atoms with E-state index < -0.39 is 0 Å². The van der Waals surface area contributed by atoms with Crippen LogP contribution < -0.4 is 0 Å². The summed E-state index contributed by atoms with van der Waals surface area (Å²) >= 11 is 0. The van der Waals surface area contributed by atoms with E-state index >= 15 is 0 Å². The summed E-state index contributed by atoms with van der Waals surface area (Å²) in [4.78, 5) is 0. The van der Waals surface area contributed by atoms with Crippen molar-refractivity contribution in [3.8, 4) is 0 Å². The molecule has 0 atom stereocenters. The number of rotatable bonds is 5. The fourth-order valence-electron chi connectivity index (χ4n) is 1.54. The van der Waals surface area contributed by atoms with Crippen molar-refractivity contribution in [2.24, 2.45) is 0 Å². The van der Waals surface area contributed by atoms with E-state index in [1.54, 1.807) is 0 Å². The van der Waals surface area contributed by atoms with Gasteiger partial charge in [-0.05, 0) is 30.4 Å². The van der Waals surface area contributed by atoms with Gasteiger partial charge in [-0.2, -0.15) is 0 Å². The highest BCUT2D eigenvalue weighted by molar-refractivity contribution is 5.53. The molecule has 0 heteroatoms. The van der Waals surface area contributed by atoms with E-state index in [4.69, 9.17) is 0 Å². The summed E-state index contributed by atoms with van der Waals surface area (Å²) in [5, 5.41) is 0. The number of hydrogen-bond donors (Lipinski definition) is 0. The summed E-state index contributed by atoms with van der Waals surface area (Å²) in [5.74, 6) is 0. The molecule has 0 aliphatic carbocycles. The molecule has 0 saturated carbocycles. The Kier molecular flexibility index (Phi) is 5.06. The highest BCUT2D eigenvalue weighted by Gasteiger charge is 1.96. The Labute approximate surface area is 87.7 Å². The number of hydrogen-bond acceptors (Lipinski definition) is 0. The monoisotopic (exact) mass is 188 g/mol. The first-order valence-electron chi connectivity index (χ1n) is 5.63. The first-order valence-corrected chi connectivity index (χ1v) is 5.63. The zero-order chi connectivity index (χ0) is 10.2. The van der Waals surface area contributed by atoms with Crippen LogP contribution in [0.1, 0.15) is 44.2 Å². The van der Waals surface area contributed by atoms with Gasteiger partial charge in [-0.15, -0.1) is 0 Å². The molecule has 14 heavy (non-hydrogen) atoms. The molecule has 0 spiro atoms. The summed E-state index contributed by atoms with van der Waals surface area (Å²) in [6.45, 7) is 4.41. The predicted molar refractivity (Wildman–Crippen MR) is 64.4 cm³/mol. The standard InChI is InChI=1S/C14H20/c1-3-5-9-13-11-7-8-12-14(13)10-6-4-2/h5,7-9,11-12H,3-4,6,10H2,1-2H3. The number of allylic oxidation sites excluding steroid dienone is 1. The molecular weight excluding hydrogens is 168 g/mol. The molecule has 1 aromatic carbocycles. The normalized spacial score (nSPS) is 11.0. The topological polar surface area (TPSA) is 0 Å². The molecule has 0 aliphatic rings. The SMILES string of the molecule is CCC=Cc1ccccc1CCCC. The van der Waals surface area contributed by atoms with E-state index in [1.807, 2.05) is 0 Å². The van der Waals surface area contributed by atoms with Crippen molar-refractivity contribution in [2.45, 2.75) is 39.5 Å². The zero-order valence-corrected chi connectivity index (χ0v) is 9.29. The molecule has 0 saturated heterocycles. The molecule has 0 N–H and O–H groups in total. The van der Waals surface area contributed by atoms with Crippen LogP contribution in [0.5, 0.6) is 0 Å². The van der Waals surface area contributed by atoms with Gasteiger partial charge in [0.1, 0.15) is 0 Å². The van der Waals surface area contributed by atoms with Gasteiger partial charge in [-0.25, -0.2) is 0 Å². The number of unbranched alkanes of at least 4 members (excludes halogenated alkanes) is 1. The fraction of sp³-hybridized carbons (Fsp3) is 0.429. The van der Waals surface area contributed by atoms with Crippen LogP contribution in [0.4, 0.5) is 0 Å². The first kappa shape index (κ1) is 11.0. The molecule has 1 rings (SSSR count). The number of benzene rings is 1. The van der Waals surface area contributed by atoms with Crippen LogP contribution in [-0.4, -0.2) is 0 Å². The van der Waals surface area contributed by atoms with Crippen molar-refractivity contribution >= 4 is 6.08 Å². The molecule has 0 aliphatic heterocycles. The van der Waals surface area contributed by atoms with Crippen molar-refractivity contribution < 1.29 is 0 Å². The second kappa shape index (κ2) is 6.42. The van der Waals surface area contributed by atoms with Gasteiger partial charge in [-0.1, -0.05) is 56.7 Å². The molecule has 0 amide bonds. The van der Waals surface area contributed by atoms with E-state index in [0.717, 1.165) is 6.42 Å². The molecule has 76 valence electrons. The van der Waals surface area contributed by atoms with E-state index in [-0.39, 0.29) is 0 Å². The molecule has 0 bridgehead atoms. The summed E-state index contributed by atoms with van der Waals surface area (Å²) < 4.78 is 0. The summed E-state index contributed by atoms with van der Waals surface area (Å²) in [6.07, 6.45) is 9.35. The Hall–Kier alpha value is -1.04. The highest BCUT2D eigenvalue weighted by atomic mass is 14.0. The largest absolute Gasteiger partial charge is 0.0842 e. The Morgan fingerprint density at radius 3 is 2.64 bits per heavy atom. The highest BCUT2D eigenvalue weighted by Crippen LogP contribution is 2.13. The Morgan fingerprint density at radius 2 is 1.93 bits per heavy atom. The third-order valence-corrected chi connectivity index (χ3v) is 2.39. The number of aryl methyl sites for hydroxylation is 1. The Balaban J connectivity index is 2.74. The van der Waals surface area contributed by atoms with Crippen LogP contribution in [0.25, 0.3) is 6.08 Å². The van der Waals surface area contributed by atoms with Crippen molar-refractivity contribution in [1.82, 2.24) is 0 Å². The van der Waals surface area contributed by atoms with Crippen LogP contribution in [0.2, 0.25) is 0 Å². The lowest BCUT2D eigenvalue weighted by Crippen LogP contribution is -1.88. The van der Waals surface area contributed by atoms with Crippen LogP contribution in [0, 0.1) is 0 Å². The maximum Gasteiger partial charge on any atom is -0.0228 e. The van der Waals surface area contributed by atoms with Crippen LogP contribution in [0.15, 0.2) is 30.3 Å². The third-order valence-electron chi connectivity index (χ3n) is 2.39. The van der Waals surface area contributed by atoms with Crippen molar-refractivity contribution in [1.29, 1.82) is 0 Å². The molecular formula is C14H20. The lowest BCUT2D eigenvalue weighted by molar-refractivity contribution is 0.794. The van der Waals surface area contributed by atoms with E-state index in [1.165, 1.54) is 30.4 Å². The Bertz CT molecular complexity index is 284. The van der Waals surface area contributed by atoms with Crippen LogP contribution in [-0.2, 0) is 6.42 Å². The first-order chi connectivity index (χ1) is 6.88. The molecule has 1 aromatic rings. The van der Waals surface area contributed by atoms with Gasteiger partial charge in [-0.3, -0.25) is 0 Å². The average molecular weight is 188 g/mol. The molecule has 0 aromatic heterocycles. The lowest BCUT2D eigenvalue weighted by Gasteiger charge is -2.04. The van der Waals surface area contributed by atoms with Gasteiger partial charge < -0.3 is 0 Å². The molecule has 0 heterocycles.